The molecule has 2 N–H and O–H groups in total. The molecule has 0 atom stereocenters. The average molecular weight is 460 g/mol. The quantitative estimate of drug-likeness (QED) is 0.437. The van der Waals surface area contributed by atoms with Gasteiger partial charge in [-0.05, 0) is 35.9 Å². The van der Waals surface area contributed by atoms with Crippen molar-refractivity contribution in [3.63, 3.8) is 0 Å². The molecule has 27 heavy (non-hydrogen) atoms. The molecule has 0 saturated heterocycles. The summed E-state index contributed by atoms with van der Waals surface area (Å²) in [6.45, 7) is 0. The van der Waals surface area contributed by atoms with Gasteiger partial charge in [0.15, 0.2) is 0 Å². The zero-order valence-electron chi connectivity index (χ0n) is 13.7. The Hall–Kier alpha value is -1.51. The molecule has 0 spiro atoms. The summed E-state index contributed by atoms with van der Waals surface area (Å²) in [7, 11) is 0. The zero-order valence-corrected chi connectivity index (χ0v) is 17.6. The molecule has 3 rings (SSSR count). The Bertz CT molecular complexity index is 934. The summed E-state index contributed by atoms with van der Waals surface area (Å²) in [5.74, 6) is 1.55. The second-order valence-corrected chi connectivity index (χ2v) is 8.63. The summed E-state index contributed by atoms with van der Waals surface area (Å²) in [6.07, 6.45) is 0. The maximum atomic E-state index is 12.0. The lowest BCUT2D eigenvalue weighted by Gasteiger charge is -2.06. The molecule has 0 aliphatic rings. The molecule has 2 amide bonds. The van der Waals surface area contributed by atoms with E-state index in [-0.39, 0.29) is 0 Å². The molecule has 1 heterocycles. The first kappa shape index (κ1) is 20.2. The topological polar surface area (TPSA) is 66.9 Å². The minimum absolute atomic E-state index is 0.366. The highest BCUT2D eigenvalue weighted by Crippen LogP contribution is 2.26. The van der Waals surface area contributed by atoms with Gasteiger partial charge in [0.1, 0.15) is 5.01 Å². The van der Waals surface area contributed by atoms with Gasteiger partial charge in [-0.25, -0.2) is 4.79 Å². The van der Waals surface area contributed by atoms with Gasteiger partial charge in [-0.1, -0.05) is 58.3 Å². The van der Waals surface area contributed by atoms with Crippen LogP contribution in [0.4, 0.5) is 15.6 Å². The molecule has 2 aromatic carbocycles. The van der Waals surface area contributed by atoms with Crippen molar-refractivity contribution < 1.29 is 4.79 Å². The Kier molecular flexibility index (Phi) is 7.20. The average Bonchev–Trinajstić information content (AvgIpc) is 3.07. The van der Waals surface area contributed by atoms with Gasteiger partial charge in [0, 0.05) is 22.2 Å². The molecule has 0 unspecified atom stereocenters. The van der Waals surface area contributed by atoms with Crippen molar-refractivity contribution in [2.24, 2.45) is 0 Å². The van der Waals surface area contributed by atoms with Gasteiger partial charge >= 0.3 is 6.03 Å². The molecule has 0 saturated carbocycles. The molecule has 0 aliphatic heterocycles. The number of rotatable bonds is 6. The molecular formula is C17H13Cl3N4OS2. The highest BCUT2D eigenvalue weighted by Gasteiger charge is 2.09. The molecule has 140 valence electrons. The van der Waals surface area contributed by atoms with E-state index in [1.54, 1.807) is 30.0 Å². The Morgan fingerprint density at radius 1 is 0.963 bits per heavy atom. The minimum atomic E-state index is -0.426. The number of nitrogens with one attached hydrogen (secondary N) is 2. The Morgan fingerprint density at radius 2 is 1.74 bits per heavy atom. The third-order valence-corrected chi connectivity index (χ3v) is 6.30. The third-order valence-electron chi connectivity index (χ3n) is 3.27. The van der Waals surface area contributed by atoms with Crippen LogP contribution < -0.4 is 10.6 Å². The molecule has 0 fully saturated rings. The van der Waals surface area contributed by atoms with Crippen LogP contribution >= 0.6 is 57.9 Å². The number of nitrogens with zero attached hydrogens (tertiary/aromatic N) is 2. The van der Waals surface area contributed by atoms with E-state index >= 15 is 0 Å². The number of aromatic nitrogens is 2. The van der Waals surface area contributed by atoms with E-state index in [4.69, 9.17) is 34.8 Å². The van der Waals surface area contributed by atoms with Crippen molar-refractivity contribution in [1.29, 1.82) is 0 Å². The van der Waals surface area contributed by atoms with Crippen molar-refractivity contribution in [3.05, 3.63) is 68.1 Å². The van der Waals surface area contributed by atoms with Gasteiger partial charge < -0.3 is 5.32 Å². The molecule has 0 radical (unpaired) electrons. The van der Waals surface area contributed by atoms with E-state index in [2.05, 4.69) is 20.8 Å². The van der Waals surface area contributed by atoms with Crippen LogP contribution in [0.3, 0.4) is 0 Å². The summed E-state index contributed by atoms with van der Waals surface area (Å²) in [5, 5.41) is 16.2. The fourth-order valence-corrected chi connectivity index (χ4v) is 4.24. The van der Waals surface area contributed by atoms with E-state index in [0.29, 0.717) is 26.6 Å². The molecule has 1 aromatic heterocycles. The number of urea groups is 1. The summed E-state index contributed by atoms with van der Waals surface area (Å²) >= 11 is 20.7. The van der Waals surface area contributed by atoms with Crippen LogP contribution in [0.25, 0.3) is 0 Å². The van der Waals surface area contributed by atoms with Gasteiger partial charge in [-0.15, -0.1) is 22.0 Å². The van der Waals surface area contributed by atoms with Gasteiger partial charge in [0.25, 0.3) is 0 Å². The number of amides is 2. The van der Waals surface area contributed by atoms with Gasteiger partial charge in [-0.3, -0.25) is 5.32 Å². The Morgan fingerprint density at radius 3 is 2.48 bits per heavy atom. The second kappa shape index (κ2) is 9.61. The summed E-state index contributed by atoms with van der Waals surface area (Å²) < 4.78 is 0. The standard InChI is InChI=1S/C17H13Cl3N4OS2/c18-11-3-1-10(2-4-11)8-26-9-15-23-24-17(27-15)22-16(25)21-12-5-6-13(19)14(20)7-12/h1-7H,8-9H2,(H2,21,22,24,25). The maximum Gasteiger partial charge on any atom is 0.325 e. The van der Waals surface area contributed by atoms with Crippen LogP contribution in [0.2, 0.25) is 15.1 Å². The zero-order chi connectivity index (χ0) is 19.2. The first-order chi connectivity index (χ1) is 13.0. The van der Waals surface area contributed by atoms with Gasteiger partial charge in [-0.2, -0.15) is 0 Å². The molecule has 10 heteroatoms. The highest BCUT2D eigenvalue weighted by atomic mass is 35.5. The van der Waals surface area contributed by atoms with Crippen molar-refractivity contribution in [1.82, 2.24) is 10.2 Å². The number of halogens is 3. The summed E-state index contributed by atoms with van der Waals surface area (Å²) in [5.41, 5.74) is 1.72. The van der Waals surface area contributed by atoms with Gasteiger partial charge in [0.05, 0.1) is 10.0 Å². The highest BCUT2D eigenvalue weighted by molar-refractivity contribution is 7.97. The number of benzene rings is 2. The van der Waals surface area contributed by atoms with E-state index in [9.17, 15) is 4.79 Å². The maximum absolute atomic E-state index is 12.0. The van der Waals surface area contributed by atoms with Crippen molar-refractivity contribution in [2.75, 3.05) is 10.6 Å². The van der Waals surface area contributed by atoms with Crippen LogP contribution in [-0.4, -0.2) is 16.2 Å². The second-order valence-electron chi connectivity index (χ2n) is 5.33. The number of anilines is 2. The van der Waals surface area contributed by atoms with Crippen LogP contribution in [0.15, 0.2) is 42.5 Å². The lowest BCUT2D eigenvalue weighted by Crippen LogP contribution is -2.19. The minimum Gasteiger partial charge on any atom is -0.308 e. The fraction of sp³-hybridized carbons (Fsp3) is 0.118. The van der Waals surface area contributed by atoms with Crippen molar-refractivity contribution in [2.45, 2.75) is 11.5 Å². The molecule has 5 nitrogen and oxygen atoms in total. The van der Waals surface area contributed by atoms with Crippen LogP contribution in [-0.2, 0) is 11.5 Å². The van der Waals surface area contributed by atoms with E-state index < -0.39 is 6.03 Å². The van der Waals surface area contributed by atoms with E-state index in [1.165, 1.54) is 16.9 Å². The van der Waals surface area contributed by atoms with Crippen LogP contribution in [0, 0.1) is 0 Å². The molecule has 0 aliphatic carbocycles. The number of carbonyl (C=O) groups excluding carboxylic acids is 1. The van der Waals surface area contributed by atoms with Crippen molar-refractivity contribution >= 4 is 74.8 Å². The Balaban J connectivity index is 1.47. The third kappa shape index (κ3) is 6.26. The Labute approximate surface area is 179 Å². The number of hydrogen-bond donors (Lipinski definition) is 2. The molecular weight excluding hydrogens is 447 g/mol. The van der Waals surface area contributed by atoms with E-state index in [1.807, 2.05) is 24.3 Å². The number of carbonyl (C=O) groups is 1. The first-order valence-electron chi connectivity index (χ1n) is 7.67. The summed E-state index contributed by atoms with van der Waals surface area (Å²) in [4.78, 5) is 12.0. The predicted molar refractivity (Wildman–Crippen MR) is 115 cm³/mol. The largest absolute Gasteiger partial charge is 0.325 e. The number of thioether (sulfide) groups is 1. The fourth-order valence-electron chi connectivity index (χ4n) is 2.03. The summed E-state index contributed by atoms with van der Waals surface area (Å²) in [6, 6.07) is 12.2. The van der Waals surface area contributed by atoms with Crippen molar-refractivity contribution in [3.8, 4) is 0 Å². The monoisotopic (exact) mass is 458 g/mol. The SMILES string of the molecule is O=C(Nc1ccc(Cl)c(Cl)c1)Nc1nnc(CSCc2ccc(Cl)cc2)s1. The van der Waals surface area contributed by atoms with Crippen LogP contribution in [0.5, 0.6) is 0 Å². The number of hydrogen-bond acceptors (Lipinski definition) is 5. The van der Waals surface area contributed by atoms with E-state index in [0.717, 1.165) is 15.8 Å². The molecule has 0 bridgehead atoms. The molecule has 3 aromatic rings. The van der Waals surface area contributed by atoms with Crippen LogP contribution in [0.1, 0.15) is 10.6 Å². The lowest BCUT2D eigenvalue weighted by molar-refractivity contribution is 0.262. The smallest absolute Gasteiger partial charge is 0.308 e. The normalized spacial score (nSPS) is 10.6. The first-order valence-corrected chi connectivity index (χ1v) is 10.8. The lowest BCUT2D eigenvalue weighted by atomic mass is 10.2. The van der Waals surface area contributed by atoms with Gasteiger partial charge in [0.2, 0.25) is 5.13 Å². The predicted octanol–water partition coefficient (Wildman–Crippen LogP) is 6.58.